The third kappa shape index (κ3) is 3.57. The Morgan fingerprint density at radius 2 is 2.04 bits per heavy atom. The molecule has 0 saturated heterocycles. The molecule has 0 aliphatic heterocycles. The van der Waals surface area contributed by atoms with E-state index in [1.54, 1.807) is 31.2 Å². The van der Waals surface area contributed by atoms with Gasteiger partial charge in [-0.2, -0.15) is 5.10 Å². The summed E-state index contributed by atoms with van der Waals surface area (Å²) in [5, 5.41) is 9.82. The van der Waals surface area contributed by atoms with E-state index in [0.717, 1.165) is 5.56 Å². The maximum Gasteiger partial charge on any atom is 0.242 e. The highest BCUT2D eigenvalue weighted by Crippen LogP contribution is 2.43. The molecule has 1 saturated carbocycles. The van der Waals surface area contributed by atoms with Gasteiger partial charge in [0.1, 0.15) is 17.7 Å². The Morgan fingerprint density at radius 3 is 2.58 bits per heavy atom. The summed E-state index contributed by atoms with van der Waals surface area (Å²) in [5.74, 6) is -1.68. The minimum absolute atomic E-state index is 0. The number of carbonyl (C=O) groups excluding carboxylic acids is 1. The summed E-state index contributed by atoms with van der Waals surface area (Å²) in [6, 6.07) is 3.02. The molecular formula is C16H19ClF2N4O. The molecule has 1 aromatic heterocycles. The van der Waals surface area contributed by atoms with Crippen molar-refractivity contribution in [3.05, 3.63) is 53.4 Å². The molecule has 2 N–H and O–H groups in total. The van der Waals surface area contributed by atoms with E-state index >= 15 is 0 Å². The van der Waals surface area contributed by atoms with E-state index in [-0.39, 0.29) is 35.8 Å². The average molecular weight is 357 g/mol. The Hall–Kier alpha value is -1.99. The van der Waals surface area contributed by atoms with Gasteiger partial charge < -0.3 is 10.6 Å². The van der Waals surface area contributed by atoms with E-state index in [4.69, 9.17) is 0 Å². The molecule has 3 rings (SSSR count). The first-order valence-corrected chi connectivity index (χ1v) is 7.41. The maximum atomic E-state index is 13.8. The number of aryl methyl sites for hydroxylation is 1. The van der Waals surface area contributed by atoms with Gasteiger partial charge in [-0.1, -0.05) is 6.07 Å². The summed E-state index contributed by atoms with van der Waals surface area (Å²) in [6.45, 7) is 0. The van der Waals surface area contributed by atoms with Crippen LogP contribution in [0.4, 0.5) is 8.78 Å². The predicted octanol–water partition coefficient (Wildman–Crippen LogP) is 2.05. The molecule has 1 fully saturated rings. The number of amides is 1. The van der Waals surface area contributed by atoms with Crippen LogP contribution in [0.3, 0.4) is 0 Å². The highest BCUT2D eigenvalue weighted by Gasteiger charge is 2.43. The van der Waals surface area contributed by atoms with Crippen LogP contribution in [0.5, 0.6) is 0 Å². The van der Waals surface area contributed by atoms with E-state index in [2.05, 4.69) is 15.7 Å². The van der Waals surface area contributed by atoms with Crippen LogP contribution in [-0.2, 0) is 11.8 Å². The highest BCUT2D eigenvalue weighted by atomic mass is 35.5. The van der Waals surface area contributed by atoms with Crippen molar-refractivity contribution < 1.29 is 13.6 Å². The summed E-state index contributed by atoms with van der Waals surface area (Å²) in [6.07, 6.45) is 3.90. The molecule has 130 valence electrons. The number of rotatable bonds is 5. The molecule has 8 heteroatoms. The SMILES string of the molecule is CNC(C(=O)NC1CC1c1c(F)cccc1F)c1cnn(C)c1.Cl. The van der Waals surface area contributed by atoms with Crippen molar-refractivity contribution in [3.8, 4) is 0 Å². The molecule has 0 spiro atoms. The lowest BCUT2D eigenvalue weighted by Gasteiger charge is -2.14. The molecule has 1 aliphatic rings. The maximum absolute atomic E-state index is 13.8. The van der Waals surface area contributed by atoms with Crippen molar-refractivity contribution >= 4 is 18.3 Å². The van der Waals surface area contributed by atoms with E-state index in [0.29, 0.717) is 6.42 Å². The highest BCUT2D eigenvalue weighted by molar-refractivity contribution is 5.85. The van der Waals surface area contributed by atoms with E-state index < -0.39 is 17.7 Å². The number of nitrogens with zero attached hydrogens (tertiary/aromatic N) is 2. The largest absolute Gasteiger partial charge is 0.351 e. The summed E-state index contributed by atoms with van der Waals surface area (Å²) >= 11 is 0. The Kier molecular flexibility index (Phi) is 5.56. The first-order valence-electron chi connectivity index (χ1n) is 7.41. The number of benzene rings is 1. The van der Waals surface area contributed by atoms with Crippen molar-refractivity contribution in [2.45, 2.75) is 24.4 Å². The van der Waals surface area contributed by atoms with Gasteiger partial charge in [-0.15, -0.1) is 12.4 Å². The normalized spacial score (nSPS) is 20.2. The van der Waals surface area contributed by atoms with Crippen LogP contribution in [0.25, 0.3) is 0 Å². The van der Waals surface area contributed by atoms with Gasteiger partial charge in [0.25, 0.3) is 0 Å². The fourth-order valence-corrected chi connectivity index (χ4v) is 2.84. The van der Waals surface area contributed by atoms with Gasteiger partial charge in [0, 0.05) is 36.3 Å². The molecule has 1 amide bonds. The molecule has 2 aromatic rings. The van der Waals surface area contributed by atoms with Gasteiger partial charge in [-0.25, -0.2) is 8.78 Å². The Morgan fingerprint density at radius 1 is 1.38 bits per heavy atom. The fraction of sp³-hybridized carbons (Fsp3) is 0.375. The lowest BCUT2D eigenvalue weighted by Crippen LogP contribution is -2.37. The number of hydrogen-bond donors (Lipinski definition) is 2. The van der Waals surface area contributed by atoms with Crippen LogP contribution >= 0.6 is 12.4 Å². The average Bonchev–Trinajstić information content (AvgIpc) is 3.09. The van der Waals surface area contributed by atoms with Crippen LogP contribution in [-0.4, -0.2) is 28.8 Å². The zero-order chi connectivity index (χ0) is 16.6. The van der Waals surface area contributed by atoms with E-state index in [1.807, 2.05) is 0 Å². The smallest absolute Gasteiger partial charge is 0.242 e. The van der Waals surface area contributed by atoms with Gasteiger partial charge in [0.05, 0.1) is 6.20 Å². The summed E-state index contributed by atoms with van der Waals surface area (Å²) in [4.78, 5) is 12.4. The molecule has 5 nitrogen and oxygen atoms in total. The second kappa shape index (κ2) is 7.27. The van der Waals surface area contributed by atoms with Crippen molar-refractivity contribution in [1.82, 2.24) is 20.4 Å². The molecule has 1 heterocycles. The minimum atomic E-state index is -0.566. The summed E-state index contributed by atoms with van der Waals surface area (Å²) in [7, 11) is 3.45. The summed E-state index contributed by atoms with van der Waals surface area (Å²) < 4.78 is 29.1. The van der Waals surface area contributed by atoms with Crippen LogP contribution in [0.1, 0.15) is 29.5 Å². The standard InChI is InChI=1S/C16H18F2N4O.ClH/c1-19-15(9-7-20-22(2)8-9)16(23)21-13-6-10(13)14-11(17)4-3-5-12(14)18;/h3-5,7-8,10,13,15,19H,6H2,1-2H3,(H,21,23);1H. The second-order valence-corrected chi connectivity index (χ2v) is 5.76. The zero-order valence-corrected chi connectivity index (χ0v) is 14.1. The lowest BCUT2D eigenvalue weighted by molar-refractivity contribution is -0.123. The Bertz CT molecular complexity index is 716. The van der Waals surface area contributed by atoms with Crippen LogP contribution in [0.15, 0.2) is 30.6 Å². The molecule has 3 unspecified atom stereocenters. The van der Waals surface area contributed by atoms with Gasteiger partial charge in [-0.3, -0.25) is 9.48 Å². The molecule has 24 heavy (non-hydrogen) atoms. The second-order valence-electron chi connectivity index (χ2n) is 5.76. The van der Waals surface area contributed by atoms with Crippen LogP contribution in [0.2, 0.25) is 0 Å². The number of halogens is 3. The van der Waals surface area contributed by atoms with Gasteiger partial charge >= 0.3 is 0 Å². The monoisotopic (exact) mass is 356 g/mol. The van der Waals surface area contributed by atoms with Gasteiger partial charge in [-0.05, 0) is 25.6 Å². The predicted molar refractivity (Wildman–Crippen MR) is 87.9 cm³/mol. The third-order valence-corrected chi connectivity index (χ3v) is 4.10. The minimum Gasteiger partial charge on any atom is -0.351 e. The quantitative estimate of drug-likeness (QED) is 0.862. The first kappa shape index (κ1) is 18.4. The number of hydrogen-bond acceptors (Lipinski definition) is 3. The van der Waals surface area contributed by atoms with E-state index in [1.165, 1.54) is 18.2 Å². The number of likely N-dealkylation sites (N-methyl/N-ethyl adjacent to an activating group) is 1. The van der Waals surface area contributed by atoms with Crippen LogP contribution in [0, 0.1) is 11.6 Å². The molecule has 1 aromatic carbocycles. The molecule has 0 bridgehead atoms. The van der Waals surface area contributed by atoms with Crippen molar-refractivity contribution in [2.24, 2.45) is 7.05 Å². The molecule has 0 radical (unpaired) electrons. The zero-order valence-electron chi connectivity index (χ0n) is 13.3. The third-order valence-electron chi connectivity index (χ3n) is 4.10. The Balaban J connectivity index is 0.00000208. The van der Waals surface area contributed by atoms with Crippen LogP contribution < -0.4 is 10.6 Å². The molecule has 3 atom stereocenters. The molecular weight excluding hydrogens is 338 g/mol. The topological polar surface area (TPSA) is 59.0 Å². The van der Waals surface area contributed by atoms with Crippen molar-refractivity contribution in [2.75, 3.05) is 7.05 Å². The van der Waals surface area contributed by atoms with E-state index in [9.17, 15) is 13.6 Å². The first-order chi connectivity index (χ1) is 11.0. The Labute approximate surface area is 144 Å². The number of carbonyl (C=O) groups is 1. The van der Waals surface area contributed by atoms with Gasteiger partial charge in [0.15, 0.2) is 0 Å². The fourth-order valence-electron chi connectivity index (χ4n) is 2.84. The van der Waals surface area contributed by atoms with Gasteiger partial charge in [0.2, 0.25) is 5.91 Å². The number of aromatic nitrogens is 2. The van der Waals surface area contributed by atoms with Crippen molar-refractivity contribution in [1.29, 1.82) is 0 Å². The molecule has 1 aliphatic carbocycles. The summed E-state index contributed by atoms with van der Waals surface area (Å²) in [5.41, 5.74) is 0.793. The van der Waals surface area contributed by atoms with Crippen molar-refractivity contribution in [3.63, 3.8) is 0 Å². The lowest BCUT2D eigenvalue weighted by atomic mass is 10.1. The number of nitrogens with one attached hydrogen (secondary N) is 2.